The molecule has 1 aliphatic rings. The molecule has 3 rings (SSSR count). The van der Waals surface area contributed by atoms with Crippen LogP contribution >= 0.6 is 34.8 Å². The number of aromatic nitrogens is 1. The summed E-state index contributed by atoms with van der Waals surface area (Å²) < 4.78 is 0. The molecule has 0 radical (unpaired) electrons. The Balaban J connectivity index is 1.63. The van der Waals surface area contributed by atoms with E-state index >= 15 is 0 Å². The van der Waals surface area contributed by atoms with Crippen molar-refractivity contribution in [1.29, 1.82) is 0 Å². The minimum atomic E-state index is -0.152. The molecule has 2 heterocycles. The van der Waals surface area contributed by atoms with Gasteiger partial charge in [-0.05, 0) is 31.0 Å². The fraction of sp³-hybridized carbons (Fsp3) is 0.294. The Morgan fingerprint density at radius 3 is 2.68 bits per heavy atom. The van der Waals surface area contributed by atoms with Gasteiger partial charge in [-0.15, -0.1) is 0 Å². The van der Waals surface area contributed by atoms with Crippen LogP contribution in [0.5, 0.6) is 0 Å². The number of likely N-dealkylation sites (tertiary alicyclic amines) is 1. The number of pyridine rings is 1. The Hall–Kier alpha value is -1.69. The maximum Gasteiger partial charge on any atom is 0.321 e. The molecule has 0 aliphatic carbocycles. The Labute approximate surface area is 161 Å². The van der Waals surface area contributed by atoms with Crippen LogP contribution in [-0.4, -0.2) is 35.0 Å². The summed E-state index contributed by atoms with van der Waals surface area (Å²) in [6, 6.07) is 7.00. The molecule has 132 valence electrons. The van der Waals surface area contributed by atoms with E-state index in [2.05, 4.69) is 15.6 Å². The molecule has 1 atom stereocenters. The van der Waals surface area contributed by atoms with E-state index in [0.717, 1.165) is 12.8 Å². The topological polar surface area (TPSA) is 57.3 Å². The quantitative estimate of drug-likeness (QED) is 0.750. The van der Waals surface area contributed by atoms with Gasteiger partial charge in [-0.1, -0.05) is 40.9 Å². The number of carbonyl (C=O) groups excluding carboxylic acids is 1. The summed E-state index contributed by atoms with van der Waals surface area (Å²) in [5.41, 5.74) is 1.33. The van der Waals surface area contributed by atoms with Crippen LogP contribution in [-0.2, 0) is 0 Å². The SMILES string of the molecule is O=C(Nc1cccc(Cl)c1)N1CCCC(Nc2c(Cl)cncc2Cl)C1. The fourth-order valence-corrected chi connectivity index (χ4v) is 3.47. The summed E-state index contributed by atoms with van der Waals surface area (Å²) in [4.78, 5) is 18.2. The molecule has 0 spiro atoms. The number of nitrogens with zero attached hydrogens (tertiary/aromatic N) is 2. The molecule has 8 heteroatoms. The van der Waals surface area contributed by atoms with Gasteiger partial charge in [0.1, 0.15) is 0 Å². The molecule has 0 saturated carbocycles. The van der Waals surface area contributed by atoms with E-state index in [9.17, 15) is 4.79 Å². The number of halogens is 3. The average Bonchev–Trinajstić information content (AvgIpc) is 2.58. The van der Waals surface area contributed by atoms with Gasteiger partial charge in [0.2, 0.25) is 0 Å². The van der Waals surface area contributed by atoms with Crippen molar-refractivity contribution in [3.8, 4) is 0 Å². The molecule has 1 aliphatic heterocycles. The van der Waals surface area contributed by atoms with Crippen LogP contribution in [0.1, 0.15) is 12.8 Å². The number of rotatable bonds is 3. The molecule has 1 aromatic heterocycles. The summed E-state index contributed by atoms with van der Waals surface area (Å²) in [6.45, 7) is 1.25. The maximum absolute atomic E-state index is 12.5. The van der Waals surface area contributed by atoms with Crippen LogP contribution in [0.25, 0.3) is 0 Å². The summed E-state index contributed by atoms with van der Waals surface area (Å²) >= 11 is 18.3. The highest BCUT2D eigenvalue weighted by Crippen LogP contribution is 2.30. The van der Waals surface area contributed by atoms with Crippen molar-refractivity contribution in [3.05, 3.63) is 51.7 Å². The molecule has 25 heavy (non-hydrogen) atoms. The summed E-state index contributed by atoms with van der Waals surface area (Å²) in [5, 5.41) is 7.71. The van der Waals surface area contributed by atoms with E-state index in [1.165, 1.54) is 0 Å². The van der Waals surface area contributed by atoms with Crippen molar-refractivity contribution >= 4 is 52.2 Å². The van der Waals surface area contributed by atoms with Crippen LogP contribution in [0, 0.1) is 0 Å². The van der Waals surface area contributed by atoms with E-state index in [4.69, 9.17) is 34.8 Å². The predicted molar refractivity (Wildman–Crippen MR) is 103 cm³/mol. The largest absolute Gasteiger partial charge is 0.378 e. The second kappa shape index (κ2) is 8.13. The number of urea groups is 1. The molecule has 2 amide bonds. The van der Waals surface area contributed by atoms with Gasteiger partial charge in [0.25, 0.3) is 0 Å². The highest BCUT2D eigenvalue weighted by atomic mass is 35.5. The first-order chi connectivity index (χ1) is 12.0. The first kappa shape index (κ1) is 18.1. The molecule has 2 aromatic rings. The van der Waals surface area contributed by atoms with Gasteiger partial charge in [0, 0.05) is 42.2 Å². The molecule has 0 bridgehead atoms. The fourth-order valence-electron chi connectivity index (χ4n) is 2.80. The standard InChI is InChI=1S/C17H17Cl3N4O/c18-11-3-1-4-12(7-11)23-17(25)24-6-2-5-13(10-24)22-16-14(19)8-21-9-15(16)20/h1,3-4,7-9,13H,2,5-6,10H2,(H,21,22)(H,23,25). The van der Waals surface area contributed by atoms with E-state index in [1.54, 1.807) is 41.6 Å². The molecular weight excluding hydrogens is 383 g/mol. The molecule has 5 nitrogen and oxygen atoms in total. The highest BCUT2D eigenvalue weighted by Gasteiger charge is 2.24. The number of amides is 2. The van der Waals surface area contributed by atoms with Crippen LogP contribution in [0.3, 0.4) is 0 Å². The number of nitrogens with one attached hydrogen (secondary N) is 2. The smallest absolute Gasteiger partial charge is 0.321 e. The summed E-state index contributed by atoms with van der Waals surface area (Å²) in [7, 11) is 0. The van der Waals surface area contributed by atoms with E-state index in [1.807, 2.05) is 0 Å². The number of piperidine rings is 1. The van der Waals surface area contributed by atoms with Gasteiger partial charge in [0.15, 0.2) is 0 Å². The van der Waals surface area contributed by atoms with Crippen LogP contribution in [0.4, 0.5) is 16.2 Å². The molecule has 1 aromatic carbocycles. The van der Waals surface area contributed by atoms with Gasteiger partial charge in [-0.25, -0.2) is 4.79 Å². The molecule has 1 unspecified atom stereocenters. The van der Waals surface area contributed by atoms with Crippen LogP contribution < -0.4 is 10.6 Å². The van der Waals surface area contributed by atoms with Gasteiger partial charge in [0.05, 0.1) is 15.7 Å². The van der Waals surface area contributed by atoms with Crippen LogP contribution in [0.2, 0.25) is 15.1 Å². The van der Waals surface area contributed by atoms with Gasteiger partial charge in [-0.2, -0.15) is 0 Å². The first-order valence-electron chi connectivity index (χ1n) is 7.90. The Bertz CT molecular complexity index is 751. The lowest BCUT2D eigenvalue weighted by Gasteiger charge is -2.34. The average molecular weight is 400 g/mol. The summed E-state index contributed by atoms with van der Waals surface area (Å²) in [5.74, 6) is 0. The van der Waals surface area contributed by atoms with E-state index in [-0.39, 0.29) is 12.1 Å². The zero-order valence-corrected chi connectivity index (χ0v) is 15.6. The van der Waals surface area contributed by atoms with Gasteiger partial charge >= 0.3 is 6.03 Å². The first-order valence-corrected chi connectivity index (χ1v) is 9.03. The Kier molecular flexibility index (Phi) is 5.89. The lowest BCUT2D eigenvalue weighted by Crippen LogP contribution is -2.46. The Morgan fingerprint density at radius 1 is 1.20 bits per heavy atom. The third kappa shape index (κ3) is 4.69. The van der Waals surface area contributed by atoms with Crippen molar-refractivity contribution < 1.29 is 4.79 Å². The molecule has 2 N–H and O–H groups in total. The number of hydrogen-bond acceptors (Lipinski definition) is 3. The minimum Gasteiger partial charge on any atom is -0.378 e. The monoisotopic (exact) mass is 398 g/mol. The van der Waals surface area contributed by atoms with Gasteiger partial charge < -0.3 is 15.5 Å². The second-order valence-corrected chi connectivity index (χ2v) is 7.10. The maximum atomic E-state index is 12.5. The third-order valence-electron chi connectivity index (χ3n) is 3.99. The Morgan fingerprint density at radius 2 is 1.96 bits per heavy atom. The minimum absolute atomic E-state index is 0.0660. The second-order valence-electron chi connectivity index (χ2n) is 5.85. The lowest BCUT2D eigenvalue weighted by molar-refractivity contribution is 0.196. The highest BCUT2D eigenvalue weighted by molar-refractivity contribution is 6.38. The number of carbonyl (C=O) groups is 1. The van der Waals surface area contributed by atoms with E-state index < -0.39 is 0 Å². The summed E-state index contributed by atoms with van der Waals surface area (Å²) in [6.07, 6.45) is 4.90. The number of anilines is 2. The zero-order chi connectivity index (χ0) is 17.8. The van der Waals surface area contributed by atoms with Crippen molar-refractivity contribution in [2.45, 2.75) is 18.9 Å². The predicted octanol–water partition coefficient (Wildman–Crippen LogP) is 5.15. The third-order valence-corrected chi connectivity index (χ3v) is 4.79. The van der Waals surface area contributed by atoms with E-state index in [0.29, 0.717) is 39.5 Å². The number of benzene rings is 1. The molecule has 1 fully saturated rings. The number of hydrogen-bond donors (Lipinski definition) is 2. The van der Waals surface area contributed by atoms with Crippen molar-refractivity contribution in [2.75, 3.05) is 23.7 Å². The van der Waals surface area contributed by atoms with Crippen molar-refractivity contribution in [2.24, 2.45) is 0 Å². The van der Waals surface area contributed by atoms with Crippen LogP contribution in [0.15, 0.2) is 36.7 Å². The zero-order valence-electron chi connectivity index (χ0n) is 13.3. The normalized spacial score (nSPS) is 17.2. The van der Waals surface area contributed by atoms with Gasteiger partial charge in [-0.3, -0.25) is 4.98 Å². The van der Waals surface area contributed by atoms with Crippen molar-refractivity contribution in [3.63, 3.8) is 0 Å². The van der Waals surface area contributed by atoms with Crippen molar-refractivity contribution in [1.82, 2.24) is 9.88 Å². The molecular formula is C17H17Cl3N4O. The lowest BCUT2D eigenvalue weighted by atomic mass is 10.1. The molecule has 1 saturated heterocycles.